The molecule has 190 valence electrons. The molecule has 2 heterocycles. The van der Waals surface area contributed by atoms with Gasteiger partial charge in [0.15, 0.2) is 0 Å². The zero-order chi connectivity index (χ0) is 25.6. The monoisotopic (exact) mass is 491 g/mol. The molecule has 0 N–H and O–H groups in total. The van der Waals surface area contributed by atoms with E-state index in [1.165, 1.54) is 45.4 Å². The van der Waals surface area contributed by atoms with Crippen LogP contribution < -0.4 is 0 Å². The van der Waals surface area contributed by atoms with E-state index in [0.717, 1.165) is 25.7 Å². The molecule has 6 rings (SSSR count). The Morgan fingerprint density at radius 2 is 1.54 bits per heavy atom. The van der Waals surface area contributed by atoms with E-state index in [4.69, 9.17) is 4.74 Å². The Labute approximate surface area is 221 Å². The van der Waals surface area contributed by atoms with Crippen LogP contribution >= 0.6 is 0 Å². The number of rotatable bonds is 4. The Bertz CT molecular complexity index is 1280. The van der Waals surface area contributed by atoms with Crippen LogP contribution in [0.3, 0.4) is 0 Å². The quantitative estimate of drug-likeness (QED) is 0.346. The molecule has 2 aliphatic heterocycles. The summed E-state index contributed by atoms with van der Waals surface area (Å²) in [6, 6.07) is 26.5. The van der Waals surface area contributed by atoms with Gasteiger partial charge in [-0.15, -0.1) is 0 Å². The lowest BCUT2D eigenvalue weighted by Gasteiger charge is -2.44. The van der Waals surface area contributed by atoms with Crippen molar-refractivity contribution in [1.82, 2.24) is 4.90 Å². The fourth-order valence-electron chi connectivity index (χ4n) is 6.59. The number of hydrogen-bond acceptors (Lipinski definition) is 2. The summed E-state index contributed by atoms with van der Waals surface area (Å²) in [7, 11) is 0. The second-order valence-electron chi connectivity index (χ2n) is 12.0. The van der Waals surface area contributed by atoms with Gasteiger partial charge in [-0.05, 0) is 70.9 Å². The Hall–Kier alpha value is -3.33. The molecule has 0 radical (unpaired) electrons. The number of piperidine rings is 1. The summed E-state index contributed by atoms with van der Waals surface area (Å²) in [5.74, 6) is 0.100. The molecule has 3 aromatic rings. The van der Waals surface area contributed by atoms with Crippen LogP contribution in [-0.2, 0) is 16.6 Å². The maximum Gasteiger partial charge on any atom is 0.410 e. The number of ether oxygens (including phenoxy) is 1. The lowest BCUT2D eigenvalue weighted by Crippen LogP contribution is -2.52. The smallest absolute Gasteiger partial charge is 0.410 e. The van der Waals surface area contributed by atoms with E-state index in [0.29, 0.717) is 6.61 Å². The van der Waals surface area contributed by atoms with Gasteiger partial charge in [0.05, 0.1) is 6.04 Å². The largest absolute Gasteiger partial charge is 0.448 e. The number of hydrogen-bond donors (Lipinski definition) is 0. The lowest BCUT2D eigenvalue weighted by molar-refractivity contribution is 0.0509. The molecule has 1 fully saturated rings. The standard InChI is InChI=1S/C34H37NO2/c1-34(2,3)25-17-15-23(16-18-25)19-24-20-26-9-8-10-27(21-24)35(26)33(36)37-22-32-30-13-6-4-11-28(30)29-12-5-7-14-31(29)32/h4-7,11-18,20,26-27,32H,8-10,19,21-22H2,1-3H3. The summed E-state index contributed by atoms with van der Waals surface area (Å²) in [5, 5.41) is 0. The van der Waals surface area contributed by atoms with Crippen molar-refractivity contribution in [2.45, 2.75) is 76.3 Å². The Kier molecular flexibility index (Phi) is 6.18. The van der Waals surface area contributed by atoms with Gasteiger partial charge in [0.2, 0.25) is 0 Å². The summed E-state index contributed by atoms with van der Waals surface area (Å²) in [6.45, 7) is 7.15. The zero-order valence-electron chi connectivity index (χ0n) is 22.2. The molecule has 0 saturated carbocycles. The summed E-state index contributed by atoms with van der Waals surface area (Å²) in [5.41, 5.74) is 9.39. The van der Waals surface area contributed by atoms with E-state index >= 15 is 0 Å². The topological polar surface area (TPSA) is 29.5 Å². The number of benzene rings is 3. The number of carbonyl (C=O) groups excluding carboxylic acids is 1. The first kappa shape index (κ1) is 24.0. The molecule has 3 nitrogen and oxygen atoms in total. The fourth-order valence-corrected chi connectivity index (χ4v) is 6.59. The summed E-state index contributed by atoms with van der Waals surface area (Å²) in [4.78, 5) is 15.5. The van der Waals surface area contributed by atoms with Crippen LogP contribution in [0.2, 0.25) is 0 Å². The van der Waals surface area contributed by atoms with Crippen molar-refractivity contribution in [1.29, 1.82) is 0 Å². The highest BCUT2D eigenvalue weighted by molar-refractivity contribution is 5.79. The lowest BCUT2D eigenvalue weighted by atomic mass is 9.82. The van der Waals surface area contributed by atoms with E-state index in [1.807, 2.05) is 4.90 Å². The SMILES string of the molecule is CC(C)(C)c1ccc(CC2=CC3CCCC(C2)N3C(=O)OCC2c3ccccc3-c3ccccc32)cc1. The normalized spacial score (nSPS) is 20.7. The molecule has 37 heavy (non-hydrogen) atoms. The van der Waals surface area contributed by atoms with Crippen molar-refractivity contribution in [2.24, 2.45) is 0 Å². The van der Waals surface area contributed by atoms with Gasteiger partial charge in [-0.2, -0.15) is 0 Å². The van der Waals surface area contributed by atoms with Crippen molar-refractivity contribution >= 4 is 6.09 Å². The third kappa shape index (κ3) is 4.61. The van der Waals surface area contributed by atoms with Crippen LogP contribution in [0.25, 0.3) is 11.1 Å². The molecule has 0 spiro atoms. The molecular weight excluding hydrogens is 454 g/mol. The van der Waals surface area contributed by atoms with Gasteiger partial charge < -0.3 is 4.74 Å². The molecule has 2 atom stereocenters. The minimum Gasteiger partial charge on any atom is -0.448 e. The molecule has 3 aromatic carbocycles. The number of amides is 1. The average Bonchev–Trinajstić information content (AvgIpc) is 3.20. The van der Waals surface area contributed by atoms with Crippen LogP contribution in [0.4, 0.5) is 4.79 Å². The number of nitrogens with zero attached hydrogens (tertiary/aromatic N) is 1. The number of carbonyl (C=O) groups is 1. The average molecular weight is 492 g/mol. The fraction of sp³-hybridized carbons (Fsp3) is 0.382. The van der Waals surface area contributed by atoms with Crippen molar-refractivity contribution in [2.75, 3.05) is 6.61 Å². The molecule has 1 aliphatic carbocycles. The first-order valence-electron chi connectivity index (χ1n) is 13.8. The van der Waals surface area contributed by atoms with Crippen molar-refractivity contribution in [3.05, 3.63) is 107 Å². The highest BCUT2D eigenvalue weighted by Gasteiger charge is 2.38. The third-order valence-corrected chi connectivity index (χ3v) is 8.51. The molecule has 3 heteroatoms. The van der Waals surface area contributed by atoms with Crippen molar-refractivity contribution < 1.29 is 9.53 Å². The third-order valence-electron chi connectivity index (χ3n) is 8.51. The van der Waals surface area contributed by atoms with Gasteiger partial charge in [-0.1, -0.05) is 105 Å². The molecule has 3 aliphatic rings. The van der Waals surface area contributed by atoms with Crippen molar-refractivity contribution in [3.63, 3.8) is 0 Å². The maximum absolute atomic E-state index is 13.5. The highest BCUT2D eigenvalue weighted by atomic mass is 16.6. The van der Waals surface area contributed by atoms with Gasteiger partial charge in [-0.3, -0.25) is 4.90 Å². The first-order valence-corrected chi connectivity index (χ1v) is 13.8. The Morgan fingerprint density at radius 3 is 2.16 bits per heavy atom. The van der Waals surface area contributed by atoms with Crippen LogP contribution in [-0.4, -0.2) is 29.7 Å². The van der Waals surface area contributed by atoms with Gasteiger partial charge in [0.25, 0.3) is 0 Å². The predicted octanol–water partition coefficient (Wildman–Crippen LogP) is 8.03. The number of fused-ring (bicyclic) bond motifs is 5. The van der Waals surface area contributed by atoms with Gasteiger partial charge in [-0.25, -0.2) is 4.79 Å². The minimum absolute atomic E-state index is 0.100. The van der Waals surface area contributed by atoms with Gasteiger partial charge in [0, 0.05) is 12.0 Å². The van der Waals surface area contributed by atoms with E-state index < -0.39 is 0 Å². The van der Waals surface area contributed by atoms with E-state index in [9.17, 15) is 4.79 Å². The zero-order valence-corrected chi connectivity index (χ0v) is 22.2. The Balaban J connectivity index is 1.15. The second-order valence-corrected chi connectivity index (χ2v) is 12.0. The second kappa shape index (κ2) is 9.52. The predicted molar refractivity (Wildman–Crippen MR) is 150 cm³/mol. The van der Waals surface area contributed by atoms with Crippen LogP contribution in [0.1, 0.15) is 74.6 Å². The van der Waals surface area contributed by atoms with Gasteiger partial charge in [0.1, 0.15) is 6.61 Å². The van der Waals surface area contributed by atoms with Crippen LogP contribution in [0.5, 0.6) is 0 Å². The van der Waals surface area contributed by atoms with E-state index in [-0.39, 0.29) is 29.5 Å². The molecule has 0 aromatic heterocycles. The molecule has 1 saturated heterocycles. The first-order chi connectivity index (χ1) is 17.9. The molecule has 2 bridgehead atoms. The maximum atomic E-state index is 13.5. The Morgan fingerprint density at radius 1 is 0.892 bits per heavy atom. The highest BCUT2D eigenvalue weighted by Crippen LogP contribution is 2.45. The van der Waals surface area contributed by atoms with Crippen molar-refractivity contribution in [3.8, 4) is 11.1 Å². The molecule has 2 unspecified atom stereocenters. The minimum atomic E-state index is -0.151. The van der Waals surface area contributed by atoms with Crippen LogP contribution in [0, 0.1) is 0 Å². The molecule has 1 amide bonds. The summed E-state index contributed by atoms with van der Waals surface area (Å²) < 4.78 is 6.07. The molecular formula is C34H37NO2. The summed E-state index contributed by atoms with van der Waals surface area (Å²) >= 11 is 0. The van der Waals surface area contributed by atoms with E-state index in [1.54, 1.807) is 0 Å². The summed E-state index contributed by atoms with van der Waals surface area (Å²) in [6.07, 6.45) is 7.37. The van der Waals surface area contributed by atoms with Gasteiger partial charge >= 0.3 is 6.09 Å². The van der Waals surface area contributed by atoms with Crippen LogP contribution in [0.15, 0.2) is 84.4 Å². The van der Waals surface area contributed by atoms with E-state index in [2.05, 4.69) is 99.6 Å².